The number of nitrogens with one attached hydrogen (secondary N) is 1. The molecule has 0 aliphatic carbocycles. The lowest BCUT2D eigenvalue weighted by Crippen LogP contribution is -2.51. The second-order valence-corrected chi connectivity index (χ2v) is 8.10. The van der Waals surface area contributed by atoms with Crippen molar-refractivity contribution in [3.8, 4) is 0 Å². The fourth-order valence-electron chi connectivity index (χ4n) is 3.40. The third-order valence-corrected chi connectivity index (χ3v) is 6.07. The molecule has 152 valence electrons. The lowest BCUT2D eigenvalue weighted by Gasteiger charge is -2.35. The smallest absolute Gasteiger partial charge is 0.313 e. The van der Waals surface area contributed by atoms with Gasteiger partial charge in [0.2, 0.25) is 0 Å². The van der Waals surface area contributed by atoms with Crippen molar-refractivity contribution < 1.29 is 9.59 Å². The third-order valence-electron chi connectivity index (χ3n) is 4.99. The van der Waals surface area contributed by atoms with E-state index in [0.29, 0.717) is 31.9 Å². The van der Waals surface area contributed by atoms with Gasteiger partial charge in [0.1, 0.15) is 0 Å². The normalized spacial score (nSPS) is 13.7. The molecule has 0 aromatic heterocycles. The fraction of sp³-hybridized carbons (Fsp3) is 0.167. The van der Waals surface area contributed by atoms with E-state index >= 15 is 0 Å². The molecule has 0 bridgehead atoms. The Morgan fingerprint density at radius 3 is 2.03 bits per heavy atom. The van der Waals surface area contributed by atoms with Gasteiger partial charge in [-0.25, -0.2) is 0 Å². The van der Waals surface area contributed by atoms with E-state index in [9.17, 15) is 9.59 Å². The molecule has 6 heteroatoms. The van der Waals surface area contributed by atoms with Gasteiger partial charge < -0.3 is 15.1 Å². The van der Waals surface area contributed by atoms with Crippen LogP contribution >= 0.6 is 11.8 Å². The molecule has 1 N–H and O–H groups in total. The van der Waals surface area contributed by atoms with Crippen LogP contribution in [0, 0.1) is 0 Å². The first kappa shape index (κ1) is 20.0. The predicted octanol–water partition coefficient (Wildman–Crippen LogP) is 4.13. The summed E-state index contributed by atoms with van der Waals surface area (Å²) in [5.41, 5.74) is 1.79. The lowest BCUT2D eigenvalue weighted by molar-refractivity contribution is -0.143. The minimum atomic E-state index is -0.593. The highest BCUT2D eigenvalue weighted by molar-refractivity contribution is 7.99. The van der Waals surface area contributed by atoms with E-state index in [4.69, 9.17) is 0 Å². The Labute approximate surface area is 180 Å². The standard InChI is InChI=1S/C24H23N3O2S/c28-23(24(29)27-17-15-26(16-18-27)19-9-3-1-4-10-19)25-21-13-7-8-14-22(21)30-20-11-5-2-6-12-20/h1-14H,15-18H2,(H,25,28). The molecule has 2 amide bonds. The Balaban J connectivity index is 1.37. The average Bonchev–Trinajstić information content (AvgIpc) is 2.81. The summed E-state index contributed by atoms with van der Waals surface area (Å²) in [6.07, 6.45) is 0. The monoisotopic (exact) mass is 417 g/mol. The van der Waals surface area contributed by atoms with Gasteiger partial charge in [0.15, 0.2) is 0 Å². The minimum Gasteiger partial charge on any atom is -0.368 e. The van der Waals surface area contributed by atoms with Gasteiger partial charge in [-0.05, 0) is 36.4 Å². The molecule has 3 aromatic carbocycles. The number of rotatable bonds is 4. The van der Waals surface area contributed by atoms with Gasteiger partial charge in [-0.2, -0.15) is 0 Å². The van der Waals surface area contributed by atoms with Crippen LogP contribution in [0.15, 0.2) is 94.7 Å². The van der Waals surface area contributed by atoms with Gasteiger partial charge in [0.05, 0.1) is 5.69 Å². The second-order valence-electron chi connectivity index (χ2n) is 6.98. The SMILES string of the molecule is O=C(Nc1ccccc1Sc1ccccc1)C(=O)N1CCN(c2ccccc2)CC1. The summed E-state index contributed by atoms with van der Waals surface area (Å²) in [6, 6.07) is 27.6. The Bertz CT molecular complexity index is 1000. The molecule has 3 aromatic rings. The van der Waals surface area contributed by atoms with E-state index in [-0.39, 0.29) is 0 Å². The quantitative estimate of drug-likeness (QED) is 0.649. The second kappa shape index (κ2) is 9.50. The molecular formula is C24H23N3O2S. The highest BCUT2D eigenvalue weighted by Gasteiger charge is 2.26. The number of anilines is 2. The van der Waals surface area contributed by atoms with Crippen LogP contribution in [-0.4, -0.2) is 42.9 Å². The van der Waals surface area contributed by atoms with E-state index in [1.165, 1.54) is 0 Å². The molecule has 1 saturated heterocycles. The summed E-state index contributed by atoms with van der Waals surface area (Å²) in [6.45, 7) is 2.48. The Hall–Kier alpha value is -3.25. The molecule has 4 rings (SSSR count). The third kappa shape index (κ3) is 4.83. The molecule has 30 heavy (non-hydrogen) atoms. The maximum atomic E-state index is 12.7. The summed E-state index contributed by atoms with van der Waals surface area (Å²) in [7, 11) is 0. The Morgan fingerprint density at radius 2 is 1.33 bits per heavy atom. The van der Waals surface area contributed by atoms with E-state index in [0.717, 1.165) is 15.5 Å². The minimum absolute atomic E-state index is 0.484. The molecule has 0 saturated carbocycles. The van der Waals surface area contributed by atoms with E-state index in [1.54, 1.807) is 16.7 Å². The Kier molecular flexibility index (Phi) is 6.35. The van der Waals surface area contributed by atoms with Crippen molar-refractivity contribution in [3.05, 3.63) is 84.9 Å². The van der Waals surface area contributed by atoms with Gasteiger partial charge in [-0.1, -0.05) is 60.3 Å². The van der Waals surface area contributed by atoms with Crippen molar-refractivity contribution >= 4 is 35.0 Å². The molecule has 0 atom stereocenters. The molecule has 0 radical (unpaired) electrons. The summed E-state index contributed by atoms with van der Waals surface area (Å²) >= 11 is 1.56. The lowest BCUT2D eigenvalue weighted by atomic mass is 10.2. The number of amides is 2. The van der Waals surface area contributed by atoms with Crippen LogP contribution < -0.4 is 10.2 Å². The average molecular weight is 418 g/mol. The number of para-hydroxylation sites is 2. The number of hydrogen-bond acceptors (Lipinski definition) is 4. The van der Waals surface area contributed by atoms with Crippen LogP contribution in [0.25, 0.3) is 0 Å². The van der Waals surface area contributed by atoms with Crippen LogP contribution in [-0.2, 0) is 9.59 Å². The Morgan fingerprint density at radius 1 is 0.733 bits per heavy atom. The zero-order valence-electron chi connectivity index (χ0n) is 16.5. The van der Waals surface area contributed by atoms with E-state index < -0.39 is 11.8 Å². The van der Waals surface area contributed by atoms with Gasteiger partial charge in [0.25, 0.3) is 0 Å². The molecule has 0 spiro atoms. The topological polar surface area (TPSA) is 52.7 Å². The van der Waals surface area contributed by atoms with Crippen LogP contribution in [0.4, 0.5) is 11.4 Å². The highest BCUT2D eigenvalue weighted by Crippen LogP contribution is 2.33. The number of carbonyl (C=O) groups is 2. The number of hydrogen-bond donors (Lipinski definition) is 1. The van der Waals surface area contributed by atoms with Gasteiger partial charge in [0, 0.05) is 41.7 Å². The van der Waals surface area contributed by atoms with Crippen LogP contribution in [0.3, 0.4) is 0 Å². The molecule has 1 fully saturated rings. The number of piperazine rings is 1. The summed E-state index contributed by atoms with van der Waals surface area (Å²) in [4.78, 5) is 31.2. The zero-order valence-corrected chi connectivity index (χ0v) is 17.3. The van der Waals surface area contributed by atoms with Crippen molar-refractivity contribution in [1.82, 2.24) is 4.90 Å². The van der Waals surface area contributed by atoms with Crippen LogP contribution in [0.5, 0.6) is 0 Å². The molecule has 1 aliphatic rings. The zero-order chi connectivity index (χ0) is 20.8. The van der Waals surface area contributed by atoms with Crippen molar-refractivity contribution in [1.29, 1.82) is 0 Å². The summed E-state index contributed by atoms with van der Waals surface area (Å²) < 4.78 is 0. The first-order valence-corrected chi connectivity index (χ1v) is 10.7. The first-order valence-electron chi connectivity index (χ1n) is 9.93. The largest absolute Gasteiger partial charge is 0.368 e. The predicted molar refractivity (Wildman–Crippen MR) is 121 cm³/mol. The molecule has 5 nitrogen and oxygen atoms in total. The highest BCUT2D eigenvalue weighted by atomic mass is 32.2. The maximum absolute atomic E-state index is 12.7. The number of carbonyl (C=O) groups excluding carboxylic acids is 2. The summed E-state index contributed by atoms with van der Waals surface area (Å²) in [5, 5.41) is 2.81. The number of nitrogens with zero attached hydrogens (tertiary/aromatic N) is 2. The van der Waals surface area contributed by atoms with E-state index in [2.05, 4.69) is 22.3 Å². The van der Waals surface area contributed by atoms with Crippen molar-refractivity contribution in [2.75, 3.05) is 36.4 Å². The van der Waals surface area contributed by atoms with Gasteiger partial charge in [-0.15, -0.1) is 0 Å². The summed E-state index contributed by atoms with van der Waals surface area (Å²) in [5.74, 6) is -1.08. The molecule has 1 heterocycles. The van der Waals surface area contributed by atoms with Crippen LogP contribution in [0.1, 0.15) is 0 Å². The van der Waals surface area contributed by atoms with Crippen molar-refractivity contribution in [2.45, 2.75) is 9.79 Å². The first-order chi connectivity index (χ1) is 14.7. The maximum Gasteiger partial charge on any atom is 0.313 e. The molecule has 1 aliphatic heterocycles. The molecule has 0 unspecified atom stereocenters. The van der Waals surface area contributed by atoms with Gasteiger partial charge in [-0.3, -0.25) is 9.59 Å². The van der Waals surface area contributed by atoms with Crippen molar-refractivity contribution in [3.63, 3.8) is 0 Å². The van der Waals surface area contributed by atoms with Gasteiger partial charge >= 0.3 is 11.8 Å². The van der Waals surface area contributed by atoms with Crippen molar-refractivity contribution in [2.24, 2.45) is 0 Å². The van der Waals surface area contributed by atoms with E-state index in [1.807, 2.05) is 72.8 Å². The molecular weight excluding hydrogens is 394 g/mol. The van der Waals surface area contributed by atoms with Crippen LogP contribution in [0.2, 0.25) is 0 Å². The number of benzene rings is 3. The fourth-order valence-corrected chi connectivity index (χ4v) is 4.32.